The lowest BCUT2D eigenvalue weighted by Gasteiger charge is -2.12. The molecule has 0 fully saturated rings. The number of benzene rings is 3. The number of amides is 1. The molecule has 0 radical (unpaired) electrons. The van der Waals surface area contributed by atoms with Crippen molar-refractivity contribution in [2.75, 3.05) is 19.0 Å². The minimum Gasteiger partial charge on any atom is -0.497 e. The number of rotatable bonds is 7. The number of anilines is 1. The Morgan fingerprint density at radius 2 is 1.84 bits per heavy atom. The second kappa shape index (κ2) is 9.17. The Hall–Kier alpha value is -4.06. The normalized spacial score (nSPS) is 10.5. The summed E-state index contributed by atoms with van der Waals surface area (Å²) in [6.45, 7) is 2.41. The molecule has 4 aromatic rings. The number of nitrogens with one attached hydrogen (secondary N) is 1. The Morgan fingerprint density at radius 3 is 2.68 bits per heavy atom. The first-order valence-electron chi connectivity index (χ1n) is 9.92. The van der Waals surface area contributed by atoms with Gasteiger partial charge in [0.15, 0.2) is 5.76 Å². The summed E-state index contributed by atoms with van der Waals surface area (Å²) in [5.74, 6) is 2.02. The van der Waals surface area contributed by atoms with E-state index in [1.54, 1.807) is 31.5 Å². The largest absolute Gasteiger partial charge is 0.497 e. The predicted octanol–water partition coefficient (Wildman–Crippen LogP) is 5.67. The lowest BCUT2D eigenvalue weighted by atomic mass is 10.1. The molecular formula is C25H22N2O4. The molecule has 1 aromatic heterocycles. The van der Waals surface area contributed by atoms with E-state index < -0.39 is 0 Å². The quantitative estimate of drug-likeness (QED) is 0.422. The first-order valence-corrected chi connectivity index (χ1v) is 9.92. The fourth-order valence-electron chi connectivity index (χ4n) is 3.22. The Kier molecular flexibility index (Phi) is 5.98. The Balaban J connectivity index is 1.64. The van der Waals surface area contributed by atoms with Crippen LogP contribution in [0.2, 0.25) is 0 Å². The number of hydrogen-bond donors (Lipinski definition) is 1. The highest BCUT2D eigenvalue weighted by molar-refractivity contribution is 6.08. The van der Waals surface area contributed by atoms with Gasteiger partial charge in [-0.15, -0.1) is 0 Å². The highest BCUT2D eigenvalue weighted by Crippen LogP contribution is 2.31. The Bertz CT molecular complexity index is 1200. The molecule has 0 spiro atoms. The molecule has 3 aromatic carbocycles. The third kappa shape index (κ3) is 4.43. The number of oxazole rings is 1. The number of methoxy groups -OCH3 is 1. The van der Waals surface area contributed by atoms with E-state index in [0.29, 0.717) is 40.8 Å². The Morgan fingerprint density at radius 1 is 1.03 bits per heavy atom. The van der Waals surface area contributed by atoms with Crippen LogP contribution in [0.1, 0.15) is 17.3 Å². The molecule has 0 aliphatic carbocycles. The number of hydrogen-bond acceptors (Lipinski definition) is 5. The van der Waals surface area contributed by atoms with Crippen molar-refractivity contribution in [3.8, 4) is 34.3 Å². The summed E-state index contributed by atoms with van der Waals surface area (Å²) in [7, 11) is 1.61. The molecule has 6 heteroatoms. The summed E-state index contributed by atoms with van der Waals surface area (Å²) in [6, 6.07) is 22.1. The second-order valence-electron chi connectivity index (χ2n) is 6.69. The predicted molar refractivity (Wildman–Crippen MR) is 119 cm³/mol. The van der Waals surface area contributed by atoms with Crippen molar-refractivity contribution in [1.82, 2.24) is 4.98 Å². The fraction of sp³-hybridized carbons (Fsp3) is 0.120. The number of aromatic nitrogens is 1. The van der Waals surface area contributed by atoms with Gasteiger partial charge >= 0.3 is 0 Å². The topological polar surface area (TPSA) is 73.6 Å². The van der Waals surface area contributed by atoms with E-state index in [4.69, 9.17) is 13.9 Å². The number of ether oxygens (including phenoxy) is 2. The van der Waals surface area contributed by atoms with Crippen LogP contribution in [0.15, 0.2) is 83.4 Å². The maximum Gasteiger partial charge on any atom is 0.256 e. The molecule has 0 aliphatic heterocycles. The van der Waals surface area contributed by atoms with E-state index in [1.165, 1.54) is 0 Å². The minimum absolute atomic E-state index is 0.274. The number of carbonyl (C=O) groups is 1. The molecule has 1 amide bonds. The van der Waals surface area contributed by atoms with Crippen molar-refractivity contribution in [2.45, 2.75) is 6.92 Å². The zero-order valence-corrected chi connectivity index (χ0v) is 17.3. The SMILES string of the molecule is CCOc1ccccc1NC(=O)c1ccccc1-c1ncc(-c2cccc(OC)c2)o1. The molecule has 0 atom stereocenters. The summed E-state index contributed by atoms with van der Waals surface area (Å²) in [5.41, 5.74) is 2.50. The third-order valence-corrected chi connectivity index (χ3v) is 4.70. The van der Waals surface area contributed by atoms with Gasteiger partial charge in [0.2, 0.25) is 5.89 Å². The standard InChI is InChI=1S/C25H22N2O4/c1-3-30-22-14-7-6-13-21(22)27-24(28)19-11-4-5-12-20(19)25-26-16-23(31-25)17-9-8-10-18(15-17)29-2/h4-16H,3H2,1-2H3,(H,27,28). The van der Waals surface area contributed by atoms with Gasteiger partial charge < -0.3 is 19.2 Å². The van der Waals surface area contributed by atoms with Crippen molar-refractivity contribution in [1.29, 1.82) is 0 Å². The molecule has 156 valence electrons. The molecule has 6 nitrogen and oxygen atoms in total. The van der Waals surface area contributed by atoms with Crippen LogP contribution in [-0.4, -0.2) is 24.6 Å². The number of nitrogens with zero attached hydrogens (tertiary/aromatic N) is 1. The van der Waals surface area contributed by atoms with Gasteiger partial charge in [0.05, 0.1) is 31.2 Å². The van der Waals surface area contributed by atoms with Crippen LogP contribution in [0.4, 0.5) is 5.69 Å². The number of para-hydroxylation sites is 2. The van der Waals surface area contributed by atoms with Gasteiger partial charge in [-0.3, -0.25) is 4.79 Å². The molecule has 0 saturated carbocycles. The van der Waals surface area contributed by atoms with Crippen molar-refractivity contribution < 1.29 is 18.7 Å². The van der Waals surface area contributed by atoms with Crippen LogP contribution in [0.5, 0.6) is 11.5 Å². The molecule has 0 saturated heterocycles. The second-order valence-corrected chi connectivity index (χ2v) is 6.69. The van der Waals surface area contributed by atoms with Gasteiger partial charge in [0.25, 0.3) is 5.91 Å². The van der Waals surface area contributed by atoms with E-state index in [0.717, 1.165) is 11.3 Å². The van der Waals surface area contributed by atoms with Crippen LogP contribution in [0.3, 0.4) is 0 Å². The molecule has 0 aliphatic rings. The molecule has 31 heavy (non-hydrogen) atoms. The average Bonchev–Trinajstić information content (AvgIpc) is 3.31. The van der Waals surface area contributed by atoms with Gasteiger partial charge in [-0.25, -0.2) is 4.98 Å². The summed E-state index contributed by atoms with van der Waals surface area (Å²) in [6.07, 6.45) is 1.64. The monoisotopic (exact) mass is 414 g/mol. The molecule has 1 heterocycles. The van der Waals surface area contributed by atoms with E-state index in [9.17, 15) is 4.79 Å². The molecule has 0 bridgehead atoms. The van der Waals surface area contributed by atoms with Crippen molar-refractivity contribution in [2.24, 2.45) is 0 Å². The van der Waals surface area contributed by atoms with E-state index in [1.807, 2.05) is 61.5 Å². The molecule has 1 N–H and O–H groups in total. The van der Waals surface area contributed by atoms with E-state index in [2.05, 4.69) is 10.3 Å². The van der Waals surface area contributed by atoms with Crippen LogP contribution in [0, 0.1) is 0 Å². The zero-order valence-electron chi connectivity index (χ0n) is 17.3. The van der Waals surface area contributed by atoms with Gasteiger partial charge in [-0.2, -0.15) is 0 Å². The van der Waals surface area contributed by atoms with Gasteiger partial charge in [0, 0.05) is 11.1 Å². The summed E-state index contributed by atoms with van der Waals surface area (Å²) in [4.78, 5) is 17.5. The smallest absolute Gasteiger partial charge is 0.256 e. The van der Waals surface area contributed by atoms with Gasteiger partial charge in [-0.1, -0.05) is 36.4 Å². The maximum atomic E-state index is 13.1. The van der Waals surface area contributed by atoms with Crippen molar-refractivity contribution in [3.05, 3.63) is 84.6 Å². The first-order chi connectivity index (χ1) is 15.2. The van der Waals surface area contributed by atoms with Crippen LogP contribution in [-0.2, 0) is 0 Å². The average molecular weight is 414 g/mol. The van der Waals surface area contributed by atoms with Crippen LogP contribution in [0.25, 0.3) is 22.8 Å². The van der Waals surface area contributed by atoms with Gasteiger partial charge in [-0.05, 0) is 43.3 Å². The van der Waals surface area contributed by atoms with E-state index >= 15 is 0 Å². The maximum absolute atomic E-state index is 13.1. The number of carbonyl (C=O) groups excluding carboxylic acids is 1. The fourth-order valence-corrected chi connectivity index (χ4v) is 3.22. The summed E-state index contributed by atoms with van der Waals surface area (Å²) >= 11 is 0. The van der Waals surface area contributed by atoms with Crippen LogP contribution >= 0.6 is 0 Å². The molecular weight excluding hydrogens is 392 g/mol. The summed E-state index contributed by atoms with van der Waals surface area (Å²) in [5, 5.41) is 2.93. The van der Waals surface area contributed by atoms with Gasteiger partial charge in [0.1, 0.15) is 11.5 Å². The molecule has 0 unspecified atom stereocenters. The third-order valence-electron chi connectivity index (χ3n) is 4.70. The first kappa shape index (κ1) is 20.2. The minimum atomic E-state index is -0.274. The summed E-state index contributed by atoms with van der Waals surface area (Å²) < 4.78 is 16.9. The highest BCUT2D eigenvalue weighted by Gasteiger charge is 2.18. The van der Waals surface area contributed by atoms with Crippen LogP contribution < -0.4 is 14.8 Å². The lowest BCUT2D eigenvalue weighted by Crippen LogP contribution is -2.14. The van der Waals surface area contributed by atoms with Crippen molar-refractivity contribution in [3.63, 3.8) is 0 Å². The highest BCUT2D eigenvalue weighted by atomic mass is 16.5. The van der Waals surface area contributed by atoms with Crippen molar-refractivity contribution >= 4 is 11.6 Å². The zero-order chi connectivity index (χ0) is 21.6. The molecule has 4 rings (SSSR count). The Labute approximate surface area is 180 Å². The lowest BCUT2D eigenvalue weighted by molar-refractivity contribution is 0.102. The van der Waals surface area contributed by atoms with E-state index in [-0.39, 0.29) is 5.91 Å².